The zero-order valence-corrected chi connectivity index (χ0v) is 18.4. The third-order valence-corrected chi connectivity index (χ3v) is 4.65. The first-order valence-corrected chi connectivity index (χ1v) is 10.2. The highest BCUT2D eigenvalue weighted by Gasteiger charge is 2.21. The van der Waals surface area contributed by atoms with Crippen LogP contribution in [-0.2, 0) is 0 Å². The van der Waals surface area contributed by atoms with E-state index in [9.17, 15) is 18.4 Å². The quantitative estimate of drug-likeness (QED) is 0.487. The summed E-state index contributed by atoms with van der Waals surface area (Å²) in [4.78, 5) is 25.6. The van der Waals surface area contributed by atoms with Gasteiger partial charge >= 0.3 is 0 Å². The van der Waals surface area contributed by atoms with Crippen LogP contribution in [0, 0.1) is 11.6 Å². The molecule has 0 atom stereocenters. The molecule has 3 aromatic rings. The van der Waals surface area contributed by atoms with Crippen molar-refractivity contribution in [2.75, 3.05) is 7.11 Å². The van der Waals surface area contributed by atoms with Crippen LogP contribution >= 0.6 is 0 Å². The second-order valence-electron chi connectivity index (χ2n) is 7.47. The molecule has 2 amide bonds. The lowest BCUT2D eigenvalue weighted by Crippen LogP contribution is -2.41. The summed E-state index contributed by atoms with van der Waals surface area (Å²) in [5.74, 6) is -1.08. The van der Waals surface area contributed by atoms with E-state index in [0.717, 1.165) is 0 Å². The van der Waals surface area contributed by atoms with E-state index in [0.29, 0.717) is 17.1 Å². The molecule has 8 heteroatoms. The maximum Gasteiger partial charge on any atom is 0.253 e. The maximum atomic E-state index is 13.2. The van der Waals surface area contributed by atoms with Crippen LogP contribution in [0.3, 0.4) is 0 Å². The molecule has 0 saturated heterocycles. The van der Waals surface area contributed by atoms with Crippen LogP contribution in [0.15, 0.2) is 66.7 Å². The van der Waals surface area contributed by atoms with Gasteiger partial charge in [-0.3, -0.25) is 9.59 Å². The Labute approximate surface area is 190 Å². The highest BCUT2D eigenvalue weighted by Crippen LogP contribution is 2.31. The zero-order chi connectivity index (χ0) is 24.0. The Morgan fingerprint density at radius 2 is 1.24 bits per heavy atom. The lowest BCUT2D eigenvalue weighted by atomic mass is 10.1. The first-order valence-electron chi connectivity index (χ1n) is 10.2. The maximum absolute atomic E-state index is 13.2. The molecule has 172 valence electrons. The SMILES string of the molecule is COc1cc(C(NC(=O)c2ccc(F)cc2)NC(=O)c2ccc(F)cc2)ccc1OC(C)C. The average Bonchev–Trinajstić information content (AvgIpc) is 2.79. The molecule has 3 rings (SSSR count). The molecule has 0 radical (unpaired) electrons. The highest BCUT2D eigenvalue weighted by molar-refractivity contribution is 5.96. The normalized spacial score (nSPS) is 10.8. The van der Waals surface area contributed by atoms with Crippen molar-refractivity contribution < 1.29 is 27.8 Å². The second kappa shape index (κ2) is 10.6. The Kier molecular flexibility index (Phi) is 7.61. The number of hydrogen-bond acceptors (Lipinski definition) is 4. The van der Waals surface area contributed by atoms with Crippen molar-refractivity contribution in [1.29, 1.82) is 0 Å². The second-order valence-corrected chi connectivity index (χ2v) is 7.47. The van der Waals surface area contributed by atoms with Crippen molar-refractivity contribution in [3.8, 4) is 11.5 Å². The van der Waals surface area contributed by atoms with Gasteiger partial charge in [0.15, 0.2) is 11.5 Å². The molecule has 0 spiro atoms. The molecule has 0 unspecified atom stereocenters. The summed E-state index contributed by atoms with van der Waals surface area (Å²) in [6, 6.07) is 15.0. The van der Waals surface area contributed by atoms with Crippen molar-refractivity contribution >= 4 is 11.8 Å². The summed E-state index contributed by atoms with van der Waals surface area (Å²) in [6.07, 6.45) is -1.06. The van der Waals surface area contributed by atoms with E-state index < -0.39 is 29.6 Å². The van der Waals surface area contributed by atoms with E-state index in [1.807, 2.05) is 13.8 Å². The number of carbonyl (C=O) groups excluding carboxylic acids is 2. The fourth-order valence-electron chi connectivity index (χ4n) is 3.05. The van der Waals surface area contributed by atoms with Crippen LogP contribution < -0.4 is 20.1 Å². The Bertz CT molecular complexity index is 1060. The molecule has 0 saturated carbocycles. The first-order chi connectivity index (χ1) is 15.8. The van der Waals surface area contributed by atoms with Crippen molar-refractivity contribution in [2.24, 2.45) is 0 Å². The van der Waals surface area contributed by atoms with E-state index in [1.165, 1.54) is 55.6 Å². The molecular formula is C25H24F2N2O4. The van der Waals surface area contributed by atoms with Crippen LogP contribution in [0.2, 0.25) is 0 Å². The molecule has 0 aliphatic heterocycles. The minimum absolute atomic E-state index is 0.0862. The number of amides is 2. The van der Waals surface area contributed by atoms with Gasteiger partial charge < -0.3 is 20.1 Å². The molecule has 3 aromatic carbocycles. The minimum atomic E-state index is -0.970. The molecule has 6 nitrogen and oxygen atoms in total. The Morgan fingerprint density at radius 1 is 0.758 bits per heavy atom. The largest absolute Gasteiger partial charge is 0.493 e. The van der Waals surface area contributed by atoms with Gasteiger partial charge in [0.1, 0.15) is 17.8 Å². The van der Waals surface area contributed by atoms with Crippen LogP contribution in [0.4, 0.5) is 8.78 Å². The van der Waals surface area contributed by atoms with E-state index in [4.69, 9.17) is 9.47 Å². The Hall–Kier alpha value is -3.94. The molecule has 0 fully saturated rings. The van der Waals surface area contributed by atoms with Crippen molar-refractivity contribution in [3.63, 3.8) is 0 Å². The topological polar surface area (TPSA) is 76.7 Å². The molecule has 2 N–H and O–H groups in total. The highest BCUT2D eigenvalue weighted by atomic mass is 19.1. The van der Waals surface area contributed by atoms with Gasteiger partial charge in [0.2, 0.25) is 0 Å². The Morgan fingerprint density at radius 3 is 1.67 bits per heavy atom. The van der Waals surface area contributed by atoms with Gasteiger partial charge in [-0.15, -0.1) is 0 Å². The van der Waals surface area contributed by atoms with Gasteiger partial charge in [0, 0.05) is 11.1 Å². The zero-order valence-electron chi connectivity index (χ0n) is 18.4. The third-order valence-electron chi connectivity index (χ3n) is 4.65. The molecular weight excluding hydrogens is 430 g/mol. The van der Waals surface area contributed by atoms with Gasteiger partial charge in [-0.1, -0.05) is 6.07 Å². The summed E-state index contributed by atoms with van der Waals surface area (Å²) in [6.45, 7) is 3.75. The van der Waals surface area contributed by atoms with E-state index >= 15 is 0 Å². The third kappa shape index (κ3) is 6.29. The number of methoxy groups -OCH3 is 1. The van der Waals surface area contributed by atoms with Crippen LogP contribution in [-0.4, -0.2) is 25.0 Å². The van der Waals surface area contributed by atoms with Gasteiger partial charge in [-0.25, -0.2) is 8.78 Å². The molecule has 33 heavy (non-hydrogen) atoms. The summed E-state index contributed by atoms with van der Waals surface area (Å²) >= 11 is 0. The van der Waals surface area contributed by atoms with Gasteiger partial charge in [-0.2, -0.15) is 0 Å². The molecule has 0 bridgehead atoms. The van der Waals surface area contributed by atoms with Crippen LogP contribution in [0.5, 0.6) is 11.5 Å². The average molecular weight is 454 g/mol. The number of carbonyl (C=O) groups is 2. The van der Waals surface area contributed by atoms with Gasteiger partial charge in [0.05, 0.1) is 13.2 Å². The van der Waals surface area contributed by atoms with Gasteiger partial charge in [0.25, 0.3) is 11.8 Å². The summed E-state index contributed by atoms with van der Waals surface area (Å²) in [7, 11) is 1.48. The number of hydrogen-bond donors (Lipinski definition) is 2. The summed E-state index contributed by atoms with van der Waals surface area (Å²) in [5.41, 5.74) is 0.933. The lowest BCUT2D eigenvalue weighted by molar-refractivity contribution is 0.0883. The summed E-state index contributed by atoms with van der Waals surface area (Å²) in [5, 5.41) is 5.46. The number of ether oxygens (including phenoxy) is 2. The molecule has 0 aliphatic carbocycles. The standard InChI is InChI=1S/C25H24F2N2O4/c1-15(2)33-21-13-8-18(14-22(21)32-3)23(28-24(30)16-4-9-19(26)10-5-16)29-25(31)17-6-11-20(27)12-7-17/h4-15,23H,1-3H3,(H,28,30)(H,29,31). The number of nitrogens with one attached hydrogen (secondary N) is 2. The molecule has 0 heterocycles. The van der Waals surface area contributed by atoms with Crippen LogP contribution in [0.25, 0.3) is 0 Å². The molecule has 0 aromatic heterocycles. The summed E-state index contributed by atoms with van der Waals surface area (Å²) < 4.78 is 37.6. The van der Waals surface area contributed by atoms with E-state index in [2.05, 4.69) is 10.6 Å². The van der Waals surface area contributed by atoms with Crippen molar-refractivity contribution in [2.45, 2.75) is 26.1 Å². The predicted molar refractivity (Wildman–Crippen MR) is 119 cm³/mol. The smallest absolute Gasteiger partial charge is 0.253 e. The number of rotatable bonds is 8. The van der Waals surface area contributed by atoms with Gasteiger partial charge in [-0.05, 0) is 80.1 Å². The monoisotopic (exact) mass is 454 g/mol. The van der Waals surface area contributed by atoms with Crippen LogP contribution in [0.1, 0.15) is 46.3 Å². The van der Waals surface area contributed by atoms with Crippen molar-refractivity contribution in [1.82, 2.24) is 10.6 Å². The van der Waals surface area contributed by atoms with Crippen molar-refractivity contribution in [3.05, 3.63) is 95.1 Å². The van der Waals surface area contributed by atoms with E-state index in [-0.39, 0.29) is 17.2 Å². The number of benzene rings is 3. The number of halogens is 2. The minimum Gasteiger partial charge on any atom is -0.493 e. The lowest BCUT2D eigenvalue weighted by Gasteiger charge is -2.22. The predicted octanol–water partition coefficient (Wildman–Crippen LogP) is 4.62. The Balaban J connectivity index is 1.91. The van der Waals surface area contributed by atoms with E-state index in [1.54, 1.807) is 18.2 Å². The molecule has 0 aliphatic rings. The first kappa shape index (κ1) is 23.7. The fraction of sp³-hybridized carbons (Fsp3) is 0.200. The fourth-order valence-corrected chi connectivity index (χ4v) is 3.05.